The molecule has 0 radical (unpaired) electrons. The number of aliphatic hydroxyl groups excluding tert-OH is 1. The van der Waals surface area contributed by atoms with Gasteiger partial charge in [0.25, 0.3) is 0 Å². The maximum absolute atomic E-state index is 13.9. The number of ether oxygens (including phenoxy) is 4. The Balaban J connectivity index is 1.40. The van der Waals surface area contributed by atoms with Gasteiger partial charge in [0, 0.05) is 18.7 Å². The molecule has 0 spiro atoms. The molecule has 38 heavy (non-hydrogen) atoms. The zero-order valence-electron chi connectivity index (χ0n) is 23.1. The minimum atomic E-state index is -1.29. The van der Waals surface area contributed by atoms with Crippen molar-refractivity contribution >= 4 is 5.91 Å². The molecule has 2 saturated heterocycles. The Kier molecular flexibility index (Phi) is 11.9. The molecule has 0 aromatic heterocycles. The lowest BCUT2D eigenvalue weighted by atomic mass is 10.1. The van der Waals surface area contributed by atoms with Crippen LogP contribution in [0.3, 0.4) is 0 Å². The van der Waals surface area contributed by atoms with E-state index >= 15 is 0 Å². The Morgan fingerprint density at radius 3 is 2.37 bits per heavy atom. The first-order valence-electron chi connectivity index (χ1n) is 14.2. The van der Waals surface area contributed by atoms with Crippen molar-refractivity contribution in [3.05, 3.63) is 35.4 Å². The molecule has 0 aliphatic carbocycles. The van der Waals surface area contributed by atoms with E-state index in [0.717, 1.165) is 31.0 Å². The van der Waals surface area contributed by atoms with Crippen LogP contribution in [0, 0.1) is 11.6 Å². The molecular formula is C29H45F2NO6. The SMILES string of the molecule is CCCCCCCCCCCCOC[C@@]12O[C@@H](CNC(=O)Cc3cc(F)ccc3F)[C@@H](O)[C@@H]1OC(C)(C)O2. The zero-order chi connectivity index (χ0) is 27.6. The first kappa shape index (κ1) is 30.9. The highest BCUT2D eigenvalue weighted by molar-refractivity contribution is 5.78. The molecule has 0 saturated carbocycles. The maximum Gasteiger partial charge on any atom is 0.224 e. The van der Waals surface area contributed by atoms with Gasteiger partial charge in [-0.2, -0.15) is 0 Å². The molecule has 1 aromatic rings. The van der Waals surface area contributed by atoms with E-state index in [0.29, 0.717) is 6.61 Å². The third-order valence-electron chi connectivity index (χ3n) is 7.11. The van der Waals surface area contributed by atoms with Crippen LogP contribution in [0.15, 0.2) is 18.2 Å². The van der Waals surface area contributed by atoms with E-state index in [1.807, 2.05) is 0 Å². The molecule has 9 heteroatoms. The van der Waals surface area contributed by atoms with Crippen LogP contribution in [0.2, 0.25) is 0 Å². The zero-order valence-corrected chi connectivity index (χ0v) is 23.1. The van der Waals surface area contributed by atoms with Gasteiger partial charge in [0.2, 0.25) is 11.7 Å². The van der Waals surface area contributed by atoms with Gasteiger partial charge in [0.1, 0.15) is 36.6 Å². The molecule has 0 unspecified atom stereocenters. The molecule has 1 amide bonds. The molecule has 0 bridgehead atoms. The van der Waals surface area contributed by atoms with Gasteiger partial charge in [-0.1, -0.05) is 64.7 Å². The standard InChI is InChI=1S/C29H45F2NO6/c1-4-5-6-7-8-9-10-11-12-13-16-35-20-29-27(37-28(2,3)38-29)26(34)24(36-29)19-32-25(33)18-21-17-22(30)14-15-23(21)31/h14-15,17,24,26-27,34H,4-13,16,18-20H2,1-3H3,(H,32,33)/t24-,26+,27-,29-/m0/s1. The van der Waals surface area contributed by atoms with E-state index in [4.69, 9.17) is 18.9 Å². The fourth-order valence-electron chi connectivity index (χ4n) is 5.18. The van der Waals surface area contributed by atoms with Crippen molar-refractivity contribution in [2.45, 2.75) is 121 Å². The van der Waals surface area contributed by atoms with Gasteiger partial charge in [-0.05, 0) is 38.5 Å². The second-order valence-electron chi connectivity index (χ2n) is 11.0. The first-order chi connectivity index (χ1) is 18.2. The quantitative estimate of drug-likeness (QED) is 0.265. The predicted octanol–water partition coefficient (Wildman–Crippen LogP) is 5.17. The number of benzene rings is 1. The second-order valence-corrected chi connectivity index (χ2v) is 11.0. The normalized spacial score (nSPS) is 26.0. The third kappa shape index (κ3) is 8.95. The molecule has 1 aromatic carbocycles. The van der Waals surface area contributed by atoms with Crippen LogP contribution in [-0.2, 0) is 30.2 Å². The Morgan fingerprint density at radius 2 is 1.68 bits per heavy atom. The Bertz CT molecular complexity index is 885. The van der Waals surface area contributed by atoms with Crippen LogP contribution in [0.4, 0.5) is 8.78 Å². The van der Waals surface area contributed by atoms with Gasteiger partial charge in [0.15, 0.2) is 5.79 Å². The highest BCUT2D eigenvalue weighted by Gasteiger charge is 2.64. The number of hydrogen-bond donors (Lipinski definition) is 2. The van der Waals surface area contributed by atoms with Gasteiger partial charge in [-0.3, -0.25) is 4.79 Å². The van der Waals surface area contributed by atoms with Crippen molar-refractivity contribution in [2.24, 2.45) is 0 Å². The molecular weight excluding hydrogens is 496 g/mol. The van der Waals surface area contributed by atoms with Gasteiger partial charge in [0.05, 0.1) is 6.42 Å². The van der Waals surface area contributed by atoms with Crippen LogP contribution in [-0.4, -0.2) is 60.7 Å². The molecule has 7 nitrogen and oxygen atoms in total. The lowest BCUT2D eigenvalue weighted by molar-refractivity contribution is -0.277. The van der Waals surface area contributed by atoms with Crippen molar-refractivity contribution in [1.82, 2.24) is 5.32 Å². The van der Waals surface area contributed by atoms with Crippen LogP contribution in [0.1, 0.15) is 90.5 Å². The summed E-state index contributed by atoms with van der Waals surface area (Å²) in [7, 11) is 0. The van der Waals surface area contributed by atoms with Crippen LogP contribution < -0.4 is 5.32 Å². The number of unbranched alkanes of at least 4 members (excludes halogenated alkanes) is 9. The number of amides is 1. The number of carbonyl (C=O) groups is 1. The topological polar surface area (TPSA) is 86.3 Å². The van der Waals surface area contributed by atoms with Crippen molar-refractivity contribution in [3.8, 4) is 0 Å². The lowest BCUT2D eigenvalue weighted by Gasteiger charge is -2.28. The Hall–Kier alpha value is -1.65. The fourth-order valence-corrected chi connectivity index (χ4v) is 5.18. The van der Waals surface area contributed by atoms with Crippen LogP contribution in [0.5, 0.6) is 0 Å². The number of nitrogens with one attached hydrogen (secondary N) is 1. The van der Waals surface area contributed by atoms with E-state index in [1.54, 1.807) is 13.8 Å². The predicted molar refractivity (Wildman–Crippen MR) is 139 cm³/mol. The summed E-state index contributed by atoms with van der Waals surface area (Å²) < 4.78 is 51.2. The molecule has 2 aliphatic rings. The smallest absolute Gasteiger partial charge is 0.224 e. The lowest BCUT2D eigenvalue weighted by Crippen LogP contribution is -2.45. The molecule has 2 N–H and O–H groups in total. The average molecular weight is 542 g/mol. The van der Waals surface area contributed by atoms with E-state index in [1.165, 1.54) is 51.4 Å². The summed E-state index contributed by atoms with van der Waals surface area (Å²) in [6, 6.07) is 2.97. The van der Waals surface area contributed by atoms with Crippen molar-refractivity contribution in [3.63, 3.8) is 0 Å². The van der Waals surface area contributed by atoms with E-state index in [2.05, 4.69) is 12.2 Å². The first-order valence-corrected chi connectivity index (χ1v) is 14.2. The average Bonchev–Trinajstić information content (AvgIpc) is 3.27. The molecule has 216 valence electrons. The number of hydrogen-bond acceptors (Lipinski definition) is 6. The fraction of sp³-hybridized carbons (Fsp3) is 0.759. The summed E-state index contributed by atoms with van der Waals surface area (Å²) in [5, 5.41) is 13.5. The van der Waals surface area contributed by atoms with E-state index < -0.39 is 47.4 Å². The maximum atomic E-state index is 13.9. The monoisotopic (exact) mass is 541 g/mol. The number of fused-ring (bicyclic) bond motifs is 1. The molecule has 2 aliphatic heterocycles. The number of carbonyl (C=O) groups excluding carboxylic acids is 1. The molecule has 4 atom stereocenters. The van der Waals surface area contributed by atoms with Crippen molar-refractivity contribution < 1.29 is 37.6 Å². The Labute approximate surface area is 225 Å². The number of halogens is 2. The minimum absolute atomic E-state index is 0.0409. The summed E-state index contributed by atoms with van der Waals surface area (Å²) >= 11 is 0. The highest BCUT2D eigenvalue weighted by Crippen LogP contribution is 2.45. The molecule has 2 fully saturated rings. The van der Waals surface area contributed by atoms with Gasteiger partial charge in [-0.25, -0.2) is 8.78 Å². The summed E-state index contributed by atoms with van der Waals surface area (Å²) in [4.78, 5) is 12.3. The summed E-state index contributed by atoms with van der Waals surface area (Å²) in [5.74, 6) is -4.04. The second kappa shape index (κ2) is 14.7. The minimum Gasteiger partial charge on any atom is -0.387 e. The van der Waals surface area contributed by atoms with Gasteiger partial charge < -0.3 is 29.4 Å². The van der Waals surface area contributed by atoms with E-state index in [-0.39, 0.29) is 25.1 Å². The largest absolute Gasteiger partial charge is 0.387 e. The Morgan fingerprint density at radius 1 is 1.03 bits per heavy atom. The highest BCUT2D eigenvalue weighted by atomic mass is 19.1. The van der Waals surface area contributed by atoms with Crippen LogP contribution >= 0.6 is 0 Å². The van der Waals surface area contributed by atoms with Crippen molar-refractivity contribution in [1.29, 1.82) is 0 Å². The number of aliphatic hydroxyl groups is 1. The molecule has 3 rings (SSSR count). The summed E-state index contributed by atoms with van der Waals surface area (Å²) in [6.45, 7) is 6.33. The number of rotatable bonds is 17. The van der Waals surface area contributed by atoms with Crippen LogP contribution in [0.25, 0.3) is 0 Å². The van der Waals surface area contributed by atoms with Gasteiger partial charge >= 0.3 is 0 Å². The van der Waals surface area contributed by atoms with Crippen molar-refractivity contribution in [2.75, 3.05) is 19.8 Å². The summed E-state index contributed by atoms with van der Waals surface area (Å²) in [6.07, 6.45) is 9.36. The third-order valence-corrected chi connectivity index (χ3v) is 7.11. The van der Waals surface area contributed by atoms with E-state index in [9.17, 15) is 18.7 Å². The molecule has 2 heterocycles. The summed E-state index contributed by atoms with van der Waals surface area (Å²) in [5.41, 5.74) is -0.0440. The van der Waals surface area contributed by atoms with Gasteiger partial charge in [-0.15, -0.1) is 0 Å².